The van der Waals surface area contributed by atoms with E-state index in [1.807, 2.05) is 10.9 Å². The fraction of sp³-hybridized carbons (Fsp3) is 0.643. The first-order valence-corrected chi connectivity index (χ1v) is 7.62. The molecule has 0 aliphatic heterocycles. The minimum Gasteiger partial charge on any atom is -0.383 e. The smallest absolute Gasteiger partial charge is 0.0779 e. The zero-order chi connectivity index (χ0) is 13.7. The third-order valence-corrected chi connectivity index (χ3v) is 3.86. The number of hydrogen-bond donors (Lipinski definition) is 1. The Labute approximate surface area is 123 Å². The maximum atomic E-state index is 5.12. The Balaban J connectivity index is 1.93. The fourth-order valence-corrected chi connectivity index (χ4v) is 2.67. The van der Waals surface area contributed by atoms with Crippen LogP contribution in [-0.2, 0) is 11.3 Å². The van der Waals surface area contributed by atoms with Gasteiger partial charge in [-0.2, -0.15) is 5.10 Å². The molecule has 1 aromatic heterocycles. The summed E-state index contributed by atoms with van der Waals surface area (Å²) in [6.45, 7) is 4.66. The molecule has 1 heterocycles. The van der Waals surface area contributed by atoms with Crippen molar-refractivity contribution in [2.75, 3.05) is 20.3 Å². The Hall–Kier alpha value is -0.650. The first kappa shape index (κ1) is 14.8. The van der Waals surface area contributed by atoms with Crippen molar-refractivity contribution < 1.29 is 4.74 Å². The predicted octanol–water partition coefficient (Wildman–Crippen LogP) is 2.84. The molecule has 2 rings (SSSR count). The summed E-state index contributed by atoms with van der Waals surface area (Å²) in [7, 11) is 1.71. The van der Waals surface area contributed by atoms with E-state index in [1.54, 1.807) is 7.11 Å². The van der Waals surface area contributed by atoms with Crippen LogP contribution in [0.15, 0.2) is 16.7 Å². The number of halogens is 1. The third kappa shape index (κ3) is 4.44. The van der Waals surface area contributed by atoms with Gasteiger partial charge in [-0.05, 0) is 54.2 Å². The second-order valence-corrected chi connectivity index (χ2v) is 5.82. The average molecular weight is 328 g/mol. The highest BCUT2D eigenvalue weighted by atomic mass is 79.9. The molecule has 1 aliphatic rings. The van der Waals surface area contributed by atoms with E-state index in [4.69, 9.17) is 4.74 Å². The van der Waals surface area contributed by atoms with Crippen molar-refractivity contribution in [3.63, 3.8) is 0 Å². The second-order valence-electron chi connectivity index (χ2n) is 4.96. The molecule has 1 saturated carbocycles. The average Bonchev–Trinajstić information content (AvgIpc) is 3.15. The molecule has 0 saturated heterocycles. The van der Waals surface area contributed by atoms with Gasteiger partial charge in [0.25, 0.3) is 0 Å². The Morgan fingerprint density at radius 3 is 3.11 bits per heavy atom. The molecule has 0 bridgehead atoms. The summed E-state index contributed by atoms with van der Waals surface area (Å²) in [5, 5.41) is 7.90. The van der Waals surface area contributed by atoms with E-state index in [1.165, 1.54) is 18.4 Å². The number of nitrogens with zero attached hydrogens (tertiary/aromatic N) is 2. The van der Waals surface area contributed by atoms with Crippen LogP contribution in [0.5, 0.6) is 0 Å². The van der Waals surface area contributed by atoms with Gasteiger partial charge >= 0.3 is 0 Å². The Kier molecular flexibility index (Phi) is 5.60. The van der Waals surface area contributed by atoms with Crippen molar-refractivity contribution in [1.82, 2.24) is 15.1 Å². The van der Waals surface area contributed by atoms with Crippen LogP contribution in [0.2, 0.25) is 0 Å². The maximum Gasteiger partial charge on any atom is 0.0779 e. The van der Waals surface area contributed by atoms with Crippen LogP contribution < -0.4 is 5.32 Å². The molecule has 4 nitrogen and oxygen atoms in total. The van der Waals surface area contributed by atoms with Crippen LogP contribution in [-0.4, -0.2) is 36.1 Å². The molecular weight excluding hydrogens is 306 g/mol. The van der Waals surface area contributed by atoms with Gasteiger partial charge in [-0.1, -0.05) is 6.08 Å². The molecule has 1 N–H and O–H groups in total. The normalized spacial score (nSPS) is 16.1. The quantitative estimate of drug-likeness (QED) is 0.746. The minimum atomic E-state index is 0.678. The monoisotopic (exact) mass is 327 g/mol. The third-order valence-electron chi connectivity index (χ3n) is 3.28. The van der Waals surface area contributed by atoms with E-state index < -0.39 is 0 Å². The molecule has 0 aromatic carbocycles. The molecule has 5 heteroatoms. The molecule has 19 heavy (non-hydrogen) atoms. The van der Waals surface area contributed by atoms with Gasteiger partial charge in [-0.3, -0.25) is 4.68 Å². The maximum absolute atomic E-state index is 5.12. The van der Waals surface area contributed by atoms with Crippen LogP contribution >= 0.6 is 15.9 Å². The van der Waals surface area contributed by atoms with Crippen molar-refractivity contribution in [2.45, 2.75) is 38.8 Å². The van der Waals surface area contributed by atoms with Gasteiger partial charge in [0, 0.05) is 13.2 Å². The van der Waals surface area contributed by atoms with E-state index >= 15 is 0 Å². The molecule has 0 radical (unpaired) electrons. The highest BCUT2D eigenvalue weighted by molar-refractivity contribution is 9.10. The standard InChI is InChI=1S/C14H22BrN3O/c1-11(4-3-7-16-12-5-6-12)14-13(15)10-17-18(14)8-9-19-2/h4,10,12,16H,3,5-9H2,1-2H3. The molecule has 1 fully saturated rings. The van der Waals surface area contributed by atoms with Crippen molar-refractivity contribution in [3.05, 3.63) is 22.4 Å². The number of rotatable bonds is 8. The zero-order valence-electron chi connectivity index (χ0n) is 11.7. The van der Waals surface area contributed by atoms with Gasteiger partial charge in [-0.15, -0.1) is 0 Å². The summed E-state index contributed by atoms with van der Waals surface area (Å²) in [4.78, 5) is 0. The summed E-state index contributed by atoms with van der Waals surface area (Å²) in [5.41, 5.74) is 2.42. The summed E-state index contributed by atoms with van der Waals surface area (Å²) >= 11 is 3.57. The number of allylic oxidation sites excluding steroid dienone is 1. The first-order chi connectivity index (χ1) is 9.22. The van der Waals surface area contributed by atoms with Gasteiger partial charge in [0.15, 0.2) is 0 Å². The number of methoxy groups -OCH3 is 1. The van der Waals surface area contributed by atoms with Crippen LogP contribution in [0.3, 0.4) is 0 Å². The van der Waals surface area contributed by atoms with Gasteiger partial charge in [-0.25, -0.2) is 0 Å². The van der Waals surface area contributed by atoms with E-state index in [0.717, 1.165) is 35.7 Å². The molecule has 1 aliphatic carbocycles. The van der Waals surface area contributed by atoms with Gasteiger partial charge in [0.05, 0.1) is 29.5 Å². The van der Waals surface area contributed by atoms with E-state index in [0.29, 0.717) is 6.61 Å². The number of nitrogens with one attached hydrogen (secondary N) is 1. The lowest BCUT2D eigenvalue weighted by molar-refractivity contribution is 0.183. The van der Waals surface area contributed by atoms with Crippen LogP contribution in [0.25, 0.3) is 5.57 Å². The zero-order valence-corrected chi connectivity index (χ0v) is 13.2. The minimum absolute atomic E-state index is 0.678. The topological polar surface area (TPSA) is 39.1 Å². The van der Waals surface area contributed by atoms with E-state index in [9.17, 15) is 0 Å². The van der Waals surface area contributed by atoms with E-state index in [-0.39, 0.29) is 0 Å². The van der Waals surface area contributed by atoms with E-state index in [2.05, 4.69) is 39.3 Å². The lowest BCUT2D eigenvalue weighted by Gasteiger charge is -2.08. The Morgan fingerprint density at radius 2 is 2.42 bits per heavy atom. The fourth-order valence-electron chi connectivity index (χ4n) is 2.06. The van der Waals surface area contributed by atoms with Crippen molar-refractivity contribution in [2.24, 2.45) is 0 Å². The summed E-state index contributed by atoms with van der Waals surface area (Å²) < 4.78 is 8.16. The number of ether oxygens (including phenoxy) is 1. The molecule has 106 valence electrons. The Bertz CT molecular complexity index is 438. The molecule has 0 amide bonds. The van der Waals surface area contributed by atoms with Crippen molar-refractivity contribution in [1.29, 1.82) is 0 Å². The molecule has 1 aromatic rings. The molecule has 0 unspecified atom stereocenters. The summed E-state index contributed by atoms with van der Waals surface area (Å²) in [5.74, 6) is 0. The predicted molar refractivity (Wildman–Crippen MR) is 81.1 cm³/mol. The summed E-state index contributed by atoms with van der Waals surface area (Å²) in [6, 6.07) is 0.785. The lowest BCUT2D eigenvalue weighted by Crippen LogP contribution is -2.16. The SMILES string of the molecule is COCCn1ncc(Br)c1C(C)=CCCNC1CC1. The first-order valence-electron chi connectivity index (χ1n) is 6.83. The second kappa shape index (κ2) is 7.22. The van der Waals surface area contributed by atoms with Crippen molar-refractivity contribution in [3.8, 4) is 0 Å². The van der Waals surface area contributed by atoms with Gasteiger partial charge < -0.3 is 10.1 Å². The van der Waals surface area contributed by atoms with Gasteiger partial charge in [0.1, 0.15) is 0 Å². The molecular formula is C14H22BrN3O. The van der Waals surface area contributed by atoms with Crippen molar-refractivity contribution >= 4 is 21.5 Å². The molecule has 0 atom stereocenters. The number of aromatic nitrogens is 2. The van der Waals surface area contributed by atoms with Crippen LogP contribution in [0.1, 0.15) is 31.9 Å². The lowest BCUT2D eigenvalue weighted by atomic mass is 10.2. The Morgan fingerprint density at radius 1 is 1.63 bits per heavy atom. The van der Waals surface area contributed by atoms with Gasteiger partial charge in [0.2, 0.25) is 0 Å². The number of hydrogen-bond acceptors (Lipinski definition) is 3. The van der Waals surface area contributed by atoms with Crippen LogP contribution in [0.4, 0.5) is 0 Å². The van der Waals surface area contributed by atoms with Crippen LogP contribution in [0, 0.1) is 0 Å². The highest BCUT2D eigenvalue weighted by Crippen LogP contribution is 2.24. The highest BCUT2D eigenvalue weighted by Gasteiger charge is 2.19. The largest absolute Gasteiger partial charge is 0.383 e. The summed E-state index contributed by atoms with van der Waals surface area (Å²) in [6.07, 6.45) is 7.88. The molecule has 0 spiro atoms.